The summed E-state index contributed by atoms with van der Waals surface area (Å²) in [5.41, 5.74) is 8.23. The summed E-state index contributed by atoms with van der Waals surface area (Å²) in [6, 6.07) is 9.70. The van der Waals surface area contributed by atoms with Gasteiger partial charge in [-0.3, -0.25) is 14.5 Å². The van der Waals surface area contributed by atoms with E-state index in [0.717, 1.165) is 30.4 Å². The van der Waals surface area contributed by atoms with Crippen molar-refractivity contribution in [3.63, 3.8) is 0 Å². The highest BCUT2D eigenvalue weighted by molar-refractivity contribution is 7.17. The Morgan fingerprint density at radius 1 is 1.28 bits per heavy atom. The molecule has 1 aliphatic carbocycles. The van der Waals surface area contributed by atoms with Crippen molar-refractivity contribution in [1.82, 2.24) is 4.90 Å². The van der Waals surface area contributed by atoms with Crippen LogP contribution in [0.3, 0.4) is 0 Å². The predicted octanol–water partition coefficient (Wildman–Crippen LogP) is 2.79. The predicted molar refractivity (Wildman–Crippen MR) is 101 cm³/mol. The van der Waals surface area contributed by atoms with E-state index in [1.54, 1.807) is 0 Å². The van der Waals surface area contributed by atoms with Crippen LogP contribution >= 0.6 is 11.3 Å². The molecule has 2 aromatic rings. The van der Waals surface area contributed by atoms with E-state index < -0.39 is 5.91 Å². The highest BCUT2D eigenvalue weighted by Gasteiger charge is 2.27. The Morgan fingerprint density at radius 3 is 2.68 bits per heavy atom. The first-order valence-corrected chi connectivity index (χ1v) is 9.28. The summed E-state index contributed by atoms with van der Waals surface area (Å²) in [4.78, 5) is 27.6. The van der Waals surface area contributed by atoms with Crippen LogP contribution in [0.4, 0.5) is 5.00 Å². The van der Waals surface area contributed by atoms with Gasteiger partial charge in [-0.25, -0.2) is 0 Å². The van der Waals surface area contributed by atoms with Gasteiger partial charge in [0.25, 0.3) is 5.91 Å². The zero-order valence-corrected chi connectivity index (χ0v) is 15.4. The van der Waals surface area contributed by atoms with Crippen LogP contribution in [-0.4, -0.2) is 29.8 Å². The summed E-state index contributed by atoms with van der Waals surface area (Å²) in [7, 11) is 1.92. The zero-order valence-electron chi connectivity index (χ0n) is 14.5. The molecule has 0 unspecified atom stereocenters. The number of amides is 2. The summed E-state index contributed by atoms with van der Waals surface area (Å²) >= 11 is 1.49. The fourth-order valence-electron chi connectivity index (χ4n) is 3.18. The molecule has 0 bridgehead atoms. The van der Waals surface area contributed by atoms with Crippen molar-refractivity contribution in [3.8, 4) is 0 Å². The van der Waals surface area contributed by atoms with Crippen LogP contribution in [0.5, 0.6) is 0 Å². The Labute approximate surface area is 151 Å². The maximum atomic E-state index is 12.6. The number of hydrogen-bond donors (Lipinski definition) is 2. The van der Waals surface area contributed by atoms with Gasteiger partial charge in [0, 0.05) is 11.4 Å². The van der Waals surface area contributed by atoms with Crippen LogP contribution < -0.4 is 11.1 Å². The largest absolute Gasteiger partial charge is 0.365 e. The van der Waals surface area contributed by atoms with Crippen molar-refractivity contribution in [2.45, 2.75) is 38.8 Å². The quantitative estimate of drug-likeness (QED) is 0.835. The van der Waals surface area contributed by atoms with Gasteiger partial charge in [-0.2, -0.15) is 0 Å². The van der Waals surface area contributed by atoms with Gasteiger partial charge >= 0.3 is 0 Å². The molecule has 3 N–H and O–H groups in total. The number of aryl methyl sites for hydroxylation is 1. The summed E-state index contributed by atoms with van der Waals surface area (Å²) in [6.45, 7) is 2.54. The third-order valence-corrected chi connectivity index (χ3v) is 5.93. The molecule has 1 heterocycles. The number of carbonyl (C=O) groups excluding carboxylic acids is 2. The third kappa shape index (κ3) is 3.75. The van der Waals surface area contributed by atoms with Gasteiger partial charge in [-0.05, 0) is 44.4 Å². The van der Waals surface area contributed by atoms with Crippen LogP contribution in [-0.2, 0) is 24.2 Å². The SMILES string of the molecule is C[C@H](C(=O)Nc1sc2c(c1C(N)=O)CCC2)N(C)Cc1ccccc1. The molecular formula is C19H23N3O2S. The molecule has 3 rings (SSSR count). The molecule has 6 heteroatoms. The zero-order chi connectivity index (χ0) is 18.0. The number of hydrogen-bond acceptors (Lipinski definition) is 4. The Balaban J connectivity index is 1.71. The molecule has 0 spiro atoms. The second-order valence-electron chi connectivity index (χ2n) is 6.49. The maximum Gasteiger partial charge on any atom is 0.251 e. The molecule has 0 saturated carbocycles. The number of nitrogens with zero attached hydrogens (tertiary/aromatic N) is 1. The first-order chi connectivity index (χ1) is 12.0. The van der Waals surface area contributed by atoms with E-state index in [9.17, 15) is 9.59 Å². The average Bonchev–Trinajstić information content (AvgIpc) is 3.15. The summed E-state index contributed by atoms with van der Waals surface area (Å²) in [5.74, 6) is -0.583. The number of nitrogens with two attached hydrogens (primary N) is 1. The lowest BCUT2D eigenvalue weighted by Gasteiger charge is -2.23. The molecule has 2 amide bonds. The number of nitrogens with one attached hydrogen (secondary N) is 1. The van der Waals surface area contributed by atoms with E-state index in [2.05, 4.69) is 5.32 Å². The molecule has 132 valence electrons. The summed E-state index contributed by atoms with van der Waals surface area (Å²) in [5, 5.41) is 3.52. The Morgan fingerprint density at radius 2 is 2.00 bits per heavy atom. The second kappa shape index (κ2) is 7.37. The number of primary amides is 1. The molecule has 1 aliphatic rings. The fraction of sp³-hybridized carbons (Fsp3) is 0.368. The highest BCUT2D eigenvalue weighted by atomic mass is 32.1. The molecule has 0 aliphatic heterocycles. The number of fused-ring (bicyclic) bond motifs is 1. The normalized spacial score (nSPS) is 14.4. The lowest BCUT2D eigenvalue weighted by Crippen LogP contribution is -2.39. The third-order valence-electron chi connectivity index (χ3n) is 4.72. The minimum Gasteiger partial charge on any atom is -0.365 e. The Hall–Kier alpha value is -2.18. The van der Waals surface area contributed by atoms with Crippen molar-refractivity contribution in [2.24, 2.45) is 5.73 Å². The van der Waals surface area contributed by atoms with Crippen molar-refractivity contribution >= 4 is 28.2 Å². The van der Waals surface area contributed by atoms with E-state index in [1.165, 1.54) is 16.2 Å². The van der Waals surface area contributed by atoms with Gasteiger partial charge < -0.3 is 11.1 Å². The molecule has 0 fully saturated rings. The Kier molecular flexibility index (Phi) is 5.20. The first kappa shape index (κ1) is 17.6. The van der Waals surface area contributed by atoms with Crippen molar-refractivity contribution in [3.05, 3.63) is 51.9 Å². The number of benzene rings is 1. The molecule has 0 radical (unpaired) electrons. The number of thiophene rings is 1. The smallest absolute Gasteiger partial charge is 0.251 e. The molecule has 1 atom stereocenters. The monoisotopic (exact) mass is 357 g/mol. The first-order valence-electron chi connectivity index (χ1n) is 8.46. The molecule has 1 aromatic heterocycles. The van der Waals surface area contributed by atoms with Crippen molar-refractivity contribution < 1.29 is 9.59 Å². The van der Waals surface area contributed by atoms with E-state index >= 15 is 0 Å². The van der Waals surface area contributed by atoms with Crippen LogP contribution in [0.15, 0.2) is 30.3 Å². The topological polar surface area (TPSA) is 75.4 Å². The maximum absolute atomic E-state index is 12.6. The summed E-state index contributed by atoms with van der Waals surface area (Å²) in [6.07, 6.45) is 2.87. The standard InChI is InChI=1S/C19H23N3O2S/c1-12(22(2)11-13-7-4-3-5-8-13)18(24)21-19-16(17(20)23)14-9-6-10-15(14)25-19/h3-5,7-8,12H,6,9-11H2,1-2H3,(H2,20,23)(H,21,24)/t12-/m1/s1. The van der Waals surface area contributed by atoms with Crippen LogP contribution in [0.25, 0.3) is 0 Å². The van der Waals surface area contributed by atoms with Crippen LogP contribution in [0.1, 0.15) is 39.7 Å². The average molecular weight is 357 g/mol. The van der Waals surface area contributed by atoms with Gasteiger partial charge in [0.05, 0.1) is 11.6 Å². The Bertz CT molecular complexity index is 785. The van der Waals surface area contributed by atoms with Crippen molar-refractivity contribution in [2.75, 3.05) is 12.4 Å². The highest BCUT2D eigenvalue weighted by Crippen LogP contribution is 2.38. The minimum absolute atomic E-state index is 0.124. The molecule has 1 aromatic carbocycles. The number of rotatable bonds is 6. The van der Waals surface area contributed by atoms with Crippen LogP contribution in [0.2, 0.25) is 0 Å². The fourth-order valence-corrected chi connectivity index (χ4v) is 4.48. The number of carbonyl (C=O) groups is 2. The van der Waals surface area contributed by atoms with Gasteiger partial charge in [0.2, 0.25) is 5.91 Å². The number of anilines is 1. The van der Waals surface area contributed by atoms with E-state index in [1.807, 2.05) is 49.2 Å². The van der Waals surface area contributed by atoms with E-state index in [-0.39, 0.29) is 11.9 Å². The molecule has 5 nitrogen and oxygen atoms in total. The van der Waals surface area contributed by atoms with E-state index in [0.29, 0.717) is 17.1 Å². The van der Waals surface area contributed by atoms with Crippen LogP contribution in [0, 0.1) is 0 Å². The van der Waals surface area contributed by atoms with Gasteiger partial charge in [-0.15, -0.1) is 11.3 Å². The van der Waals surface area contributed by atoms with Gasteiger partial charge in [0.15, 0.2) is 0 Å². The lowest BCUT2D eigenvalue weighted by atomic mass is 10.1. The van der Waals surface area contributed by atoms with Gasteiger partial charge in [0.1, 0.15) is 5.00 Å². The molecule has 0 saturated heterocycles. The summed E-state index contributed by atoms with van der Waals surface area (Å²) < 4.78 is 0. The number of likely N-dealkylation sites (N-methyl/N-ethyl adjacent to an activating group) is 1. The van der Waals surface area contributed by atoms with Crippen molar-refractivity contribution in [1.29, 1.82) is 0 Å². The lowest BCUT2D eigenvalue weighted by molar-refractivity contribution is -0.120. The molecule has 25 heavy (non-hydrogen) atoms. The van der Waals surface area contributed by atoms with E-state index in [4.69, 9.17) is 5.73 Å². The van der Waals surface area contributed by atoms with Gasteiger partial charge in [-0.1, -0.05) is 30.3 Å². The minimum atomic E-state index is -0.458. The molecular weight excluding hydrogens is 334 g/mol. The second-order valence-corrected chi connectivity index (χ2v) is 7.60.